The Morgan fingerprint density at radius 2 is 2.00 bits per heavy atom. The van der Waals surface area contributed by atoms with Crippen molar-refractivity contribution < 1.29 is 9.84 Å². The van der Waals surface area contributed by atoms with Crippen LogP contribution in [0.5, 0.6) is 5.75 Å². The fraction of sp³-hybridized carbons (Fsp3) is 0.400. The molecule has 0 aromatic heterocycles. The first kappa shape index (κ1) is 17.2. The van der Waals surface area contributed by atoms with Crippen LogP contribution in [0.2, 0.25) is 0 Å². The molecule has 1 saturated heterocycles. The smallest absolute Gasteiger partial charge is 0.122 e. The van der Waals surface area contributed by atoms with Crippen LogP contribution < -0.4 is 10.1 Å². The molecule has 0 saturated carbocycles. The predicted octanol–water partition coefficient (Wildman–Crippen LogP) is 4.47. The lowest BCUT2D eigenvalue weighted by Gasteiger charge is -2.24. The van der Waals surface area contributed by atoms with E-state index < -0.39 is 0 Å². The van der Waals surface area contributed by atoms with Crippen molar-refractivity contribution in [2.45, 2.75) is 32.5 Å². The third kappa shape index (κ3) is 3.87. The van der Waals surface area contributed by atoms with Crippen molar-refractivity contribution in [3.63, 3.8) is 0 Å². The van der Waals surface area contributed by atoms with Crippen LogP contribution in [0.4, 0.5) is 5.69 Å². The summed E-state index contributed by atoms with van der Waals surface area (Å²) in [5.41, 5.74) is 5.44. The molecule has 3 rings (SSSR count). The van der Waals surface area contributed by atoms with Crippen LogP contribution in [0, 0.1) is 6.92 Å². The van der Waals surface area contributed by atoms with Crippen molar-refractivity contribution in [1.82, 2.24) is 0 Å². The maximum atomic E-state index is 9.39. The van der Waals surface area contributed by atoms with Crippen LogP contribution in [0.1, 0.15) is 24.0 Å². The van der Waals surface area contributed by atoms with E-state index >= 15 is 0 Å². The summed E-state index contributed by atoms with van der Waals surface area (Å²) in [5, 5.41) is 12.7. The number of anilines is 1. The van der Waals surface area contributed by atoms with Gasteiger partial charge in [0.25, 0.3) is 0 Å². The molecule has 0 atom stereocenters. The number of rotatable bonds is 5. The summed E-state index contributed by atoms with van der Waals surface area (Å²) in [6.45, 7) is 2.17. The molecule has 0 bridgehead atoms. The molecule has 0 unspecified atom stereocenters. The van der Waals surface area contributed by atoms with Gasteiger partial charge in [-0.3, -0.25) is 0 Å². The molecule has 2 aromatic carbocycles. The summed E-state index contributed by atoms with van der Waals surface area (Å²) < 4.78 is 6.22. The zero-order chi connectivity index (χ0) is 16.9. The summed E-state index contributed by atoms with van der Waals surface area (Å²) in [6, 6.07) is 12.3. The van der Waals surface area contributed by atoms with E-state index in [-0.39, 0.29) is 6.61 Å². The second-order valence-corrected chi connectivity index (χ2v) is 7.43. The summed E-state index contributed by atoms with van der Waals surface area (Å²) in [5.74, 6) is 3.32. The highest BCUT2D eigenvalue weighted by molar-refractivity contribution is 7.99. The number of aryl methyl sites for hydroxylation is 1. The molecule has 0 amide bonds. The van der Waals surface area contributed by atoms with Crippen LogP contribution in [0.25, 0.3) is 11.1 Å². The van der Waals surface area contributed by atoms with Gasteiger partial charge in [0.05, 0.1) is 6.61 Å². The van der Waals surface area contributed by atoms with Gasteiger partial charge in [-0.15, -0.1) is 0 Å². The maximum absolute atomic E-state index is 9.39. The molecule has 1 heterocycles. The van der Waals surface area contributed by atoms with Gasteiger partial charge in [0, 0.05) is 24.4 Å². The molecule has 0 aliphatic carbocycles. The molecule has 4 heteroatoms. The van der Waals surface area contributed by atoms with E-state index in [0.717, 1.165) is 35.4 Å². The van der Waals surface area contributed by atoms with Crippen molar-refractivity contribution in [2.24, 2.45) is 0 Å². The Bertz CT molecular complexity index is 696. The highest BCUT2D eigenvalue weighted by Crippen LogP contribution is 2.36. The molecular formula is C20H25NO2S. The maximum Gasteiger partial charge on any atom is 0.122 e. The molecule has 128 valence electrons. The Labute approximate surface area is 148 Å². The van der Waals surface area contributed by atoms with Crippen molar-refractivity contribution in [1.29, 1.82) is 0 Å². The first-order valence-electron chi connectivity index (χ1n) is 8.48. The second kappa shape index (κ2) is 7.95. The van der Waals surface area contributed by atoms with Crippen molar-refractivity contribution >= 4 is 17.4 Å². The monoisotopic (exact) mass is 343 g/mol. The average molecular weight is 343 g/mol. The number of thioether (sulfide) groups is 1. The van der Waals surface area contributed by atoms with Gasteiger partial charge in [-0.25, -0.2) is 0 Å². The lowest BCUT2D eigenvalue weighted by Crippen LogP contribution is -2.22. The van der Waals surface area contributed by atoms with Crippen molar-refractivity contribution in [3.8, 4) is 16.9 Å². The van der Waals surface area contributed by atoms with Gasteiger partial charge in [0.1, 0.15) is 11.9 Å². The first-order valence-corrected chi connectivity index (χ1v) is 9.63. The number of aliphatic hydroxyl groups is 1. The quantitative estimate of drug-likeness (QED) is 0.840. The van der Waals surface area contributed by atoms with Crippen LogP contribution in [0.15, 0.2) is 36.4 Å². The van der Waals surface area contributed by atoms with Crippen LogP contribution in [-0.4, -0.2) is 29.8 Å². The highest BCUT2D eigenvalue weighted by Gasteiger charge is 2.17. The summed E-state index contributed by atoms with van der Waals surface area (Å²) in [4.78, 5) is 0. The minimum atomic E-state index is 0.0582. The summed E-state index contributed by atoms with van der Waals surface area (Å²) in [6.07, 6.45) is 2.58. The van der Waals surface area contributed by atoms with E-state index in [0.29, 0.717) is 6.10 Å². The number of hydrogen-bond donors (Lipinski definition) is 2. The molecule has 0 radical (unpaired) electrons. The molecule has 24 heavy (non-hydrogen) atoms. The molecule has 1 fully saturated rings. The summed E-state index contributed by atoms with van der Waals surface area (Å²) in [7, 11) is 1.94. The molecule has 0 spiro atoms. The number of benzene rings is 2. The van der Waals surface area contributed by atoms with Gasteiger partial charge in [-0.2, -0.15) is 11.8 Å². The number of hydrogen-bond acceptors (Lipinski definition) is 4. The van der Waals surface area contributed by atoms with E-state index in [2.05, 4.69) is 30.4 Å². The SMILES string of the molecule is CNc1cc(OC2CCSCC2)cc(C)c1-c1cccc(CO)c1. The molecule has 1 aliphatic heterocycles. The Hall–Kier alpha value is -1.65. The normalized spacial score (nSPS) is 15.3. The summed E-state index contributed by atoms with van der Waals surface area (Å²) >= 11 is 2.01. The standard InChI is InChI=1S/C20H25NO2S/c1-14-10-18(23-17-6-8-24-9-7-17)12-19(21-2)20(14)16-5-3-4-15(11-16)13-22/h3-5,10-12,17,21-22H,6-9,13H2,1-2H3. The van der Waals surface area contributed by atoms with E-state index in [1.807, 2.05) is 37.0 Å². The van der Waals surface area contributed by atoms with E-state index in [1.165, 1.54) is 22.6 Å². The topological polar surface area (TPSA) is 41.5 Å². The number of ether oxygens (including phenoxy) is 1. The molecular weight excluding hydrogens is 318 g/mol. The van der Waals surface area contributed by atoms with Crippen molar-refractivity contribution in [3.05, 3.63) is 47.5 Å². The van der Waals surface area contributed by atoms with Gasteiger partial charge in [0.15, 0.2) is 0 Å². The van der Waals surface area contributed by atoms with Gasteiger partial charge < -0.3 is 15.2 Å². The number of aliphatic hydroxyl groups excluding tert-OH is 1. The van der Waals surface area contributed by atoms with E-state index in [9.17, 15) is 5.11 Å². The fourth-order valence-corrected chi connectivity index (χ4v) is 4.28. The van der Waals surface area contributed by atoms with Crippen LogP contribution >= 0.6 is 11.8 Å². The number of nitrogens with one attached hydrogen (secondary N) is 1. The van der Waals surface area contributed by atoms with Gasteiger partial charge in [0.2, 0.25) is 0 Å². The third-order valence-corrected chi connectivity index (χ3v) is 5.50. The lowest BCUT2D eigenvalue weighted by molar-refractivity contribution is 0.192. The third-order valence-electron chi connectivity index (χ3n) is 4.45. The van der Waals surface area contributed by atoms with Gasteiger partial charge >= 0.3 is 0 Å². The average Bonchev–Trinajstić information content (AvgIpc) is 2.62. The van der Waals surface area contributed by atoms with Gasteiger partial charge in [-0.1, -0.05) is 18.2 Å². The molecule has 3 nitrogen and oxygen atoms in total. The van der Waals surface area contributed by atoms with E-state index in [1.54, 1.807) is 0 Å². The lowest BCUT2D eigenvalue weighted by atomic mass is 9.96. The minimum absolute atomic E-state index is 0.0582. The Kier molecular flexibility index (Phi) is 5.69. The first-order chi connectivity index (χ1) is 11.7. The minimum Gasteiger partial charge on any atom is -0.490 e. The second-order valence-electron chi connectivity index (χ2n) is 6.20. The molecule has 2 N–H and O–H groups in total. The highest BCUT2D eigenvalue weighted by atomic mass is 32.2. The van der Waals surface area contributed by atoms with Crippen molar-refractivity contribution in [2.75, 3.05) is 23.9 Å². The van der Waals surface area contributed by atoms with Crippen LogP contribution in [0.3, 0.4) is 0 Å². The fourth-order valence-electron chi connectivity index (χ4n) is 3.21. The zero-order valence-corrected chi connectivity index (χ0v) is 15.2. The molecule has 1 aliphatic rings. The Morgan fingerprint density at radius 1 is 1.21 bits per heavy atom. The predicted molar refractivity (Wildman–Crippen MR) is 103 cm³/mol. The Balaban J connectivity index is 1.92. The zero-order valence-electron chi connectivity index (χ0n) is 14.3. The van der Waals surface area contributed by atoms with E-state index in [4.69, 9.17) is 4.74 Å². The Morgan fingerprint density at radius 3 is 2.71 bits per heavy atom. The largest absolute Gasteiger partial charge is 0.490 e. The molecule has 2 aromatic rings. The van der Waals surface area contributed by atoms with Gasteiger partial charge in [-0.05, 0) is 60.1 Å². The van der Waals surface area contributed by atoms with Crippen LogP contribution in [-0.2, 0) is 6.61 Å².